The van der Waals surface area contributed by atoms with Gasteiger partial charge in [0.05, 0.1) is 11.3 Å². The summed E-state index contributed by atoms with van der Waals surface area (Å²) in [6.45, 7) is 2.15. The largest absolute Gasteiger partial charge is 0.490 e. The highest BCUT2D eigenvalue weighted by molar-refractivity contribution is 6.31. The fourth-order valence-electron chi connectivity index (χ4n) is 3.15. The monoisotopic (exact) mass is 479 g/mol. The summed E-state index contributed by atoms with van der Waals surface area (Å²) < 4.78 is 31.7. The van der Waals surface area contributed by atoms with E-state index in [1.165, 1.54) is 6.92 Å². The van der Waals surface area contributed by atoms with Crippen molar-refractivity contribution in [3.8, 4) is 22.5 Å². The average molecular weight is 480 g/mol. The van der Waals surface area contributed by atoms with Gasteiger partial charge in [0.15, 0.2) is 5.78 Å². The number of amides is 1. The van der Waals surface area contributed by atoms with Crippen LogP contribution >= 0.6 is 11.6 Å². The number of hydrogen-bond acceptors (Lipinski definition) is 4. The van der Waals surface area contributed by atoms with Gasteiger partial charge in [-0.25, -0.2) is 4.79 Å². The van der Waals surface area contributed by atoms with Gasteiger partial charge in [-0.1, -0.05) is 11.6 Å². The van der Waals surface area contributed by atoms with Crippen molar-refractivity contribution in [1.29, 1.82) is 0 Å². The third kappa shape index (κ3) is 5.78. The summed E-state index contributed by atoms with van der Waals surface area (Å²) in [4.78, 5) is 40.3. The molecule has 1 aliphatic heterocycles. The Morgan fingerprint density at radius 1 is 1.12 bits per heavy atom. The molecule has 11 heteroatoms. The van der Waals surface area contributed by atoms with E-state index in [9.17, 15) is 22.8 Å². The Balaban J connectivity index is 0.000000383. The minimum atomic E-state index is -5.08. The van der Waals surface area contributed by atoms with Gasteiger partial charge in [-0.05, 0) is 43.3 Å². The number of alkyl halides is 3. The standard InChI is InChI=1S/C20H16ClN3O2.C2HF3O2/c1-11(25)13-6-14(8-15(21)7-13)18-9-12(2-4-22-18)19-10-16-17(24-19)3-5-23-20(16)26;3-2(4,5)1(6)7/h2,4,6-10,24H,3,5H2,1H3,(H,23,26);(H,6,7). The van der Waals surface area contributed by atoms with E-state index in [1.54, 1.807) is 24.4 Å². The van der Waals surface area contributed by atoms with Crippen LogP contribution in [0.2, 0.25) is 5.02 Å². The number of aliphatic carboxylic acids is 1. The van der Waals surface area contributed by atoms with Crippen molar-refractivity contribution >= 4 is 29.3 Å². The molecule has 4 rings (SSSR count). The Bertz CT molecular complexity index is 1240. The summed E-state index contributed by atoms with van der Waals surface area (Å²) in [7, 11) is 0. The molecule has 0 bridgehead atoms. The first-order valence-corrected chi connectivity index (χ1v) is 9.92. The van der Waals surface area contributed by atoms with Gasteiger partial charge in [-0.2, -0.15) is 13.2 Å². The molecule has 2 aromatic heterocycles. The lowest BCUT2D eigenvalue weighted by Gasteiger charge is -2.11. The number of fused-ring (bicyclic) bond motifs is 1. The molecule has 1 aromatic carbocycles. The molecule has 0 fully saturated rings. The number of halogens is 4. The molecule has 33 heavy (non-hydrogen) atoms. The van der Waals surface area contributed by atoms with Gasteiger partial charge in [0.25, 0.3) is 5.91 Å². The number of hydrogen-bond donors (Lipinski definition) is 3. The van der Waals surface area contributed by atoms with Gasteiger partial charge in [0, 0.05) is 52.3 Å². The highest BCUT2D eigenvalue weighted by atomic mass is 35.5. The first-order chi connectivity index (χ1) is 15.5. The summed E-state index contributed by atoms with van der Waals surface area (Å²) in [5.41, 5.74) is 5.45. The molecule has 0 saturated heterocycles. The zero-order valence-electron chi connectivity index (χ0n) is 17.1. The van der Waals surface area contributed by atoms with Crippen LogP contribution in [-0.4, -0.2) is 45.5 Å². The summed E-state index contributed by atoms with van der Waals surface area (Å²) in [6.07, 6.45) is -2.59. The lowest BCUT2D eigenvalue weighted by molar-refractivity contribution is -0.192. The molecule has 172 valence electrons. The minimum Gasteiger partial charge on any atom is -0.475 e. The number of carbonyl (C=O) groups is 3. The van der Waals surface area contributed by atoms with Crippen molar-refractivity contribution in [1.82, 2.24) is 15.3 Å². The first kappa shape index (κ1) is 24.0. The van der Waals surface area contributed by atoms with E-state index in [2.05, 4.69) is 15.3 Å². The Hall–Kier alpha value is -3.66. The quantitative estimate of drug-likeness (QED) is 0.478. The number of aromatic nitrogens is 2. The van der Waals surface area contributed by atoms with Crippen LogP contribution < -0.4 is 5.32 Å². The summed E-state index contributed by atoms with van der Waals surface area (Å²) in [5, 5.41) is 10.5. The van der Waals surface area contributed by atoms with Crippen LogP contribution in [0.5, 0.6) is 0 Å². The normalized spacial score (nSPS) is 12.8. The van der Waals surface area contributed by atoms with Gasteiger partial charge in [-0.3, -0.25) is 14.6 Å². The maximum atomic E-state index is 12.0. The molecular weight excluding hydrogens is 463 g/mol. The van der Waals surface area contributed by atoms with E-state index in [-0.39, 0.29) is 11.7 Å². The highest BCUT2D eigenvalue weighted by Gasteiger charge is 2.38. The number of nitrogens with zero attached hydrogens (tertiary/aromatic N) is 1. The molecule has 0 aliphatic carbocycles. The number of carboxylic acid groups (broad SMARTS) is 1. The number of nitrogens with one attached hydrogen (secondary N) is 2. The smallest absolute Gasteiger partial charge is 0.475 e. The molecule has 1 amide bonds. The highest BCUT2D eigenvalue weighted by Crippen LogP contribution is 2.29. The second-order valence-corrected chi connectivity index (χ2v) is 7.54. The maximum Gasteiger partial charge on any atom is 0.490 e. The SMILES string of the molecule is CC(=O)c1cc(Cl)cc(-c2cc(-c3cc4c([nH]3)CCNC4=O)ccn2)c1.O=C(O)C(F)(F)F. The van der Waals surface area contributed by atoms with Gasteiger partial charge >= 0.3 is 12.1 Å². The van der Waals surface area contributed by atoms with Crippen LogP contribution in [0.4, 0.5) is 13.2 Å². The molecule has 0 unspecified atom stereocenters. The molecular formula is C22H17ClF3N3O4. The number of pyridine rings is 1. The van der Waals surface area contributed by atoms with E-state index in [1.807, 2.05) is 18.2 Å². The summed E-state index contributed by atoms with van der Waals surface area (Å²) in [5.74, 6) is -2.86. The molecule has 1 aliphatic rings. The van der Waals surface area contributed by atoms with E-state index >= 15 is 0 Å². The molecule has 3 aromatic rings. The van der Waals surface area contributed by atoms with Crippen molar-refractivity contribution in [3.63, 3.8) is 0 Å². The lowest BCUT2D eigenvalue weighted by Crippen LogP contribution is -2.31. The summed E-state index contributed by atoms with van der Waals surface area (Å²) in [6, 6.07) is 10.9. The first-order valence-electron chi connectivity index (χ1n) is 9.54. The predicted molar refractivity (Wildman–Crippen MR) is 114 cm³/mol. The van der Waals surface area contributed by atoms with E-state index < -0.39 is 12.1 Å². The van der Waals surface area contributed by atoms with Crippen molar-refractivity contribution in [2.24, 2.45) is 0 Å². The Morgan fingerprint density at radius 3 is 2.42 bits per heavy atom. The topological polar surface area (TPSA) is 112 Å². The Morgan fingerprint density at radius 2 is 1.82 bits per heavy atom. The van der Waals surface area contributed by atoms with Gasteiger partial charge in [0.1, 0.15) is 0 Å². The second-order valence-electron chi connectivity index (χ2n) is 7.10. The van der Waals surface area contributed by atoms with Crippen LogP contribution in [0.1, 0.15) is 33.3 Å². The van der Waals surface area contributed by atoms with Gasteiger partial charge in [-0.15, -0.1) is 0 Å². The number of carboxylic acids is 1. The second kappa shape index (κ2) is 9.45. The third-order valence-corrected chi connectivity index (χ3v) is 4.94. The van der Waals surface area contributed by atoms with Gasteiger partial charge in [0.2, 0.25) is 0 Å². The van der Waals surface area contributed by atoms with Crippen LogP contribution in [0, 0.1) is 0 Å². The van der Waals surface area contributed by atoms with Crippen molar-refractivity contribution in [3.05, 3.63) is 64.4 Å². The molecule has 0 radical (unpaired) electrons. The number of carbonyl (C=O) groups excluding carboxylic acids is 2. The van der Waals surface area contributed by atoms with E-state index in [0.29, 0.717) is 28.4 Å². The van der Waals surface area contributed by atoms with Crippen LogP contribution in [0.3, 0.4) is 0 Å². The van der Waals surface area contributed by atoms with Crippen LogP contribution in [-0.2, 0) is 11.2 Å². The van der Waals surface area contributed by atoms with Gasteiger partial charge < -0.3 is 15.4 Å². The number of benzene rings is 1. The van der Waals surface area contributed by atoms with Crippen LogP contribution in [0.15, 0.2) is 42.6 Å². The third-order valence-electron chi connectivity index (χ3n) is 4.72. The van der Waals surface area contributed by atoms with Crippen LogP contribution in [0.25, 0.3) is 22.5 Å². The zero-order chi connectivity index (χ0) is 24.3. The maximum absolute atomic E-state index is 12.0. The average Bonchev–Trinajstić information content (AvgIpc) is 3.19. The Labute approximate surface area is 190 Å². The predicted octanol–water partition coefficient (Wildman–Crippen LogP) is 4.52. The molecule has 3 N–H and O–H groups in total. The lowest BCUT2D eigenvalue weighted by atomic mass is 10.0. The number of H-pyrrole nitrogens is 1. The fourth-order valence-corrected chi connectivity index (χ4v) is 3.38. The van der Waals surface area contributed by atoms with Crippen molar-refractivity contribution in [2.45, 2.75) is 19.5 Å². The van der Waals surface area contributed by atoms with E-state index in [4.69, 9.17) is 21.5 Å². The van der Waals surface area contributed by atoms with Crippen molar-refractivity contribution in [2.75, 3.05) is 6.54 Å². The van der Waals surface area contributed by atoms with E-state index in [0.717, 1.165) is 28.9 Å². The Kier molecular flexibility index (Phi) is 6.87. The summed E-state index contributed by atoms with van der Waals surface area (Å²) >= 11 is 6.15. The zero-order valence-corrected chi connectivity index (χ0v) is 17.8. The fraction of sp³-hybridized carbons (Fsp3) is 0.182. The molecule has 3 heterocycles. The molecule has 0 saturated carbocycles. The molecule has 7 nitrogen and oxygen atoms in total. The number of Topliss-reactive ketones (excluding diaryl/α,β-unsaturated/α-hetero) is 1. The number of rotatable bonds is 3. The molecule has 0 atom stereocenters. The molecule has 0 spiro atoms. The number of aromatic amines is 1. The minimum absolute atomic E-state index is 0.0482. The number of ketones is 1. The van der Waals surface area contributed by atoms with Crippen molar-refractivity contribution < 1.29 is 32.7 Å².